The summed E-state index contributed by atoms with van der Waals surface area (Å²) in [4.78, 5) is 34.1. The van der Waals surface area contributed by atoms with Gasteiger partial charge in [-0.25, -0.2) is 4.79 Å². The highest BCUT2D eigenvalue weighted by Gasteiger charge is 2.25. The van der Waals surface area contributed by atoms with E-state index in [9.17, 15) is 14.4 Å². The van der Waals surface area contributed by atoms with E-state index in [1.54, 1.807) is 24.3 Å². The molecule has 0 bridgehead atoms. The number of hydrogen-bond acceptors (Lipinski definition) is 4. The Labute approximate surface area is 110 Å². The summed E-state index contributed by atoms with van der Waals surface area (Å²) in [6.07, 6.45) is 1.41. The fourth-order valence-corrected chi connectivity index (χ4v) is 1.75. The Morgan fingerprint density at radius 2 is 2.00 bits per heavy atom. The van der Waals surface area contributed by atoms with E-state index in [1.807, 2.05) is 0 Å². The van der Waals surface area contributed by atoms with Crippen LogP contribution < -0.4 is 10.1 Å². The molecular weight excluding hydrogens is 248 g/mol. The Balaban J connectivity index is 1.70. The van der Waals surface area contributed by atoms with Crippen molar-refractivity contribution in [2.45, 2.75) is 6.42 Å². The quantitative estimate of drug-likeness (QED) is 0.468. The minimum atomic E-state index is -0.347. The maximum atomic E-state index is 11.2. The van der Waals surface area contributed by atoms with Crippen LogP contribution in [-0.4, -0.2) is 42.8 Å². The molecule has 1 aromatic carbocycles. The molecule has 1 aliphatic heterocycles. The largest absolute Gasteiger partial charge is 0.494 e. The minimum absolute atomic E-state index is 0.118. The van der Waals surface area contributed by atoms with Gasteiger partial charge in [-0.1, -0.05) is 0 Å². The van der Waals surface area contributed by atoms with Gasteiger partial charge in [-0.15, -0.1) is 0 Å². The van der Waals surface area contributed by atoms with Gasteiger partial charge in [0.25, 0.3) is 0 Å². The number of carbonyl (C=O) groups excluding carboxylic acids is 3. The van der Waals surface area contributed by atoms with Crippen molar-refractivity contribution in [3.8, 4) is 5.75 Å². The number of urea groups is 1. The van der Waals surface area contributed by atoms with Crippen LogP contribution in [0.25, 0.3) is 0 Å². The van der Waals surface area contributed by atoms with Gasteiger partial charge in [0.15, 0.2) is 0 Å². The molecule has 1 saturated heterocycles. The third-order valence-electron chi connectivity index (χ3n) is 2.73. The Kier molecular flexibility index (Phi) is 4.12. The number of imide groups is 1. The third-order valence-corrected chi connectivity index (χ3v) is 2.73. The molecule has 1 N–H and O–H groups in total. The first-order chi connectivity index (χ1) is 9.19. The molecule has 1 aromatic rings. The Morgan fingerprint density at radius 1 is 1.26 bits per heavy atom. The maximum absolute atomic E-state index is 11.2. The number of nitrogens with zero attached hydrogens (tertiary/aromatic N) is 1. The van der Waals surface area contributed by atoms with Crippen LogP contribution in [0.15, 0.2) is 24.3 Å². The molecule has 6 heteroatoms. The fraction of sp³-hybridized carbons (Fsp3) is 0.308. The molecule has 0 saturated carbocycles. The lowest BCUT2D eigenvalue weighted by atomic mass is 10.2. The average Bonchev–Trinajstić information content (AvgIpc) is 2.74. The molecule has 0 unspecified atom stereocenters. The monoisotopic (exact) mass is 262 g/mol. The van der Waals surface area contributed by atoms with Gasteiger partial charge in [0.05, 0.1) is 6.61 Å². The highest BCUT2D eigenvalue weighted by Crippen LogP contribution is 2.11. The molecule has 1 heterocycles. The van der Waals surface area contributed by atoms with Crippen molar-refractivity contribution in [1.29, 1.82) is 0 Å². The number of amides is 3. The molecule has 0 radical (unpaired) electrons. The van der Waals surface area contributed by atoms with Gasteiger partial charge in [-0.3, -0.25) is 14.9 Å². The highest BCUT2D eigenvalue weighted by atomic mass is 16.5. The second-order valence-corrected chi connectivity index (χ2v) is 4.16. The summed E-state index contributed by atoms with van der Waals surface area (Å²) in [7, 11) is 0. The lowest BCUT2D eigenvalue weighted by Crippen LogP contribution is -2.29. The molecule has 1 fully saturated rings. The summed E-state index contributed by atoms with van der Waals surface area (Å²) < 4.78 is 5.47. The van der Waals surface area contributed by atoms with Crippen LogP contribution in [0.4, 0.5) is 4.79 Å². The topological polar surface area (TPSA) is 75.7 Å². The normalized spacial score (nSPS) is 14.4. The molecule has 19 heavy (non-hydrogen) atoms. The van der Waals surface area contributed by atoms with Gasteiger partial charge in [0.1, 0.15) is 18.6 Å². The van der Waals surface area contributed by atoms with Gasteiger partial charge in [0.2, 0.25) is 5.91 Å². The predicted molar refractivity (Wildman–Crippen MR) is 67.1 cm³/mol. The zero-order valence-electron chi connectivity index (χ0n) is 10.3. The molecule has 2 rings (SSSR count). The van der Waals surface area contributed by atoms with Gasteiger partial charge in [-0.05, 0) is 30.7 Å². The summed E-state index contributed by atoms with van der Waals surface area (Å²) in [6, 6.07) is 6.44. The van der Waals surface area contributed by atoms with Crippen LogP contribution in [0, 0.1) is 0 Å². The van der Waals surface area contributed by atoms with E-state index in [2.05, 4.69) is 5.32 Å². The van der Waals surface area contributed by atoms with Gasteiger partial charge >= 0.3 is 6.03 Å². The number of aldehydes is 1. The average molecular weight is 262 g/mol. The first kappa shape index (κ1) is 13.1. The Morgan fingerprint density at radius 3 is 2.58 bits per heavy atom. The maximum Gasteiger partial charge on any atom is 0.324 e. The van der Waals surface area contributed by atoms with Gasteiger partial charge in [0, 0.05) is 12.1 Å². The lowest BCUT2D eigenvalue weighted by Gasteiger charge is -2.13. The van der Waals surface area contributed by atoms with Crippen molar-refractivity contribution in [1.82, 2.24) is 10.2 Å². The van der Waals surface area contributed by atoms with E-state index < -0.39 is 0 Å². The summed E-state index contributed by atoms with van der Waals surface area (Å²) in [5, 5.41) is 2.21. The molecule has 1 aliphatic rings. The molecule has 3 amide bonds. The molecule has 0 aliphatic carbocycles. The molecule has 0 spiro atoms. The number of carbonyl (C=O) groups is 3. The number of ether oxygens (including phenoxy) is 1. The summed E-state index contributed by atoms with van der Waals surface area (Å²) >= 11 is 0. The van der Waals surface area contributed by atoms with Crippen LogP contribution in [0.3, 0.4) is 0 Å². The number of rotatable bonds is 6. The van der Waals surface area contributed by atoms with Crippen LogP contribution in [0.2, 0.25) is 0 Å². The minimum Gasteiger partial charge on any atom is -0.494 e. The summed E-state index contributed by atoms with van der Waals surface area (Å²) in [5.74, 6) is 0.405. The van der Waals surface area contributed by atoms with E-state index >= 15 is 0 Å². The van der Waals surface area contributed by atoms with E-state index in [-0.39, 0.29) is 18.5 Å². The first-order valence-electron chi connectivity index (χ1n) is 5.96. The summed E-state index contributed by atoms with van der Waals surface area (Å²) in [5.41, 5.74) is 0.597. The van der Waals surface area contributed by atoms with Crippen molar-refractivity contribution in [2.24, 2.45) is 0 Å². The molecule has 6 nitrogen and oxygen atoms in total. The molecular formula is C13H14N2O4. The van der Waals surface area contributed by atoms with Gasteiger partial charge < -0.3 is 9.64 Å². The van der Waals surface area contributed by atoms with Crippen molar-refractivity contribution in [3.63, 3.8) is 0 Å². The standard InChI is InChI=1S/C13H14N2O4/c16-9-10-2-4-11(5-3-10)19-7-1-6-15-8-12(17)14-13(15)18/h2-5,9H,1,6-8H2,(H,14,17,18). The SMILES string of the molecule is O=Cc1ccc(OCCCN2CC(=O)NC2=O)cc1. The van der Waals surface area contributed by atoms with Crippen LogP contribution in [0.5, 0.6) is 5.75 Å². The van der Waals surface area contributed by atoms with Gasteiger partial charge in [-0.2, -0.15) is 0 Å². The van der Waals surface area contributed by atoms with Crippen molar-refractivity contribution < 1.29 is 19.1 Å². The second-order valence-electron chi connectivity index (χ2n) is 4.16. The Hall–Kier alpha value is -2.37. The summed E-state index contributed by atoms with van der Waals surface area (Å²) in [6.45, 7) is 1.04. The number of hydrogen-bond donors (Lipinski definition) is 1. The third kappa shape index (κ3) is 3.54. The molecule has 100 valence electrons. The Bertz CT molecular complexity index is 484. The molecule has 0 aromatic heterocycles. The zero-order valence-corrected chi connectivity index (χ0v) is 10.3. The number of nitrogens with one attached hydrogen (secondary N) is 1. The smallest absolute Gasteiger partial charge is 0.324 e. The van der Waals surface area contributed by atoms with Crippen LogP contribution >= 0.6 is 0 Å². The van der Waals surface area contributed by atoms with Crippen molar-refractivity contribution in [2.75, 3.05) is 19.7 Å². The first-order valence-corrected chi connectivity index (χ1v) is 5.96. The van der Waals surface area contributed by atoms with E-state index in [0.29, 0.717) is 30.9 Å². The highest BCUT2D eigenvalue weighted by molar-refractivity contribution is 6.01. The molecule has 0 atom stereocenters. The van der Waals surface area contributed by atoms with Crippen LogP contribution in [-0.2, 0) is 4.79 Å². The fourth-order valence-electron chi connectivity index (χ4n) is 1.75. The van der Waals surface area contributed by atoms with Crippen molar-refractivity contribution >= 4 is 18.2 Å². The van der Waals surface area contributed by atoms with Crippen molar-refractivity contribution in [3.05, 3.63) is 29.8 Å². The van der Waals surface area contributed by atoms with E-state index in [0.717, 1.165) is 6.29 Å². The van der Waals surface area contributed by atoms with Crippen LogP contribution in [0.1, 0.15) is 16.8 Å². The predicted octanol–water partition coefficient (Wildman–Crippen LogP) is 0.820. The number of benzene rings is 1. The van der Waals surface area contributed by atoms with E-state index in [1.165, 1.54) is 4.90 Å². The zero-order chi connectivity index (χ0) is 13.7. The second kappa shape index (κ2) is 5.99. The lowest BCUT2D eigenvalue weighted by molar-refractivity contribution is -0.118. The van der Waals surface area contributed by atoms with E-state index in [4.69, 9.17) is 4.74 Å².